The van der Waals surface area contributed by atoms with Crippen LogP contribution in [0, 0.1) is 20.8 Å². The van der Waals surface area contributed by atoms with Crippen LogP contribution in [0.5, 0.6) is 0 Å². The largest absolute Gasteiger partial charge is 0.353 e. The van der Waals surface area contributed by atoms with Gasteiger partial charge in [0.15, 0.2) is 0 Å². The highest BCUT2D eigenvalue weighted by molar-refractivity contribution is 5.89. The molecule has 2 aromatic carbocycles. The lowest BCUT2D eigenvalue weighted by molar-refractivity contribution is -0.143. The minimum absolute atomic E-state index is 0.0337. The van der Waals surface area contributed by atoms with Crippen molar-refractivity contribution in [1.29, 1.82) is 0 Å². The Kier molecular flexibility index (Phi) is 6.92. The fourth-order valence-electron chi connectivity index (χ4n) is 4.63. The van der Waals surface area contributed by atoms with Gasteiger partial charge in [0.05, 0.1) is 5.69 Å². The number of piperazine rings is 1. The second-order valence-electron chi connectivity index (χ2n) is 8.87. The first-order valence-electron chi connectivity index (χ1n) is 11.7. The second kappa shape index (κ2) is 10.0. The number of hydrogen-bond acceptors (Lipinski definition) is 3. The van der Waals surface area contributed by atoms with Gasteiger partial charge in [-0.05, 0) is 55.5 Å². The molecule has 2 amide bonds. The lowest BCUT2D eigenvalue weighted by atomic mass is 9.95. The number of amides is 2. The Labute approximate surface area is 195 Å². The summed E-state index contributed by atoms with van der Waals surface area (Å²) >= 11 is 0. The molecule has 1 atom stereocenters. The van der Waals surface area contributed by atoms with Gasteiger partial charge in [-0.3, -0.25) is 14.3 Å². The number of nitrogens with zero attached hydrogens (tertiary/aromatic N) is 3. The van der Waals surface area contributed by atoms with Crippen molar-refractivity contribution in [2.75, 3.05) is 13.1 Å². The van der Waals surface area contributed by atoms with Crippen LogP contribution < -0.4 is 5.32 Å². The third-order valence-corrected chi connectivity index (χ3v) is 6.33. The lowest BCUT2D eigenvalue weighted by Gasteiger charge is -2.35. The predicted octanol–water partition coefficient (Wildman–Crippen LogP) is 3.83. The van der Waals surface area contributed by atoms with E-state index >= 15 is 0 Å². The van der Waals surface area contributed by atoms with Gasteiger partial charge in [0.2, 0.25) is 11.8 Å². The van der Waals surface area contributed by atoms with Crippen LogP contribution in [0.3, 0.4) is 0 Å². The minimum Gasteiger partial charge on any atom is -0.353 e. The topological polar surface area (TPSA) is 67.2 Å². The van der Waals surface area contributed by atoms with E-state index in [1.807, 2.05) is 48.9 Å². The monoisotopic (exact) mass is 444 g/mol. The molecule has 0 spiro atoms. The third-order valence-electron chi connectivity index (χ3n) is 6.33. The summed E-state index contributed by atoms with van der Waals surface area (Å²) in [7, 11) is 0. The zero-order valence-corrected chi connectivity index (χ0v) is 19.7. The first-order valence-corrected chi connectivity index (χ1v) is 11.7. The normalized spacial score (nSPS) is 16.0. The summed E-state index contributed by atoms with van der Waals surface area (Å²) in [6.07, 6.45) is 1.62. The molecule has 1 aliphatic rings. The number of carbonyl (C=O) groups is 2. The highest BCUT2D eigenvalue weighted by Gasteiger charge is 2.32. The molecule has 1 fully saturated rings. The highest BCUT2D eigenvalue weighted by atomic mass is 16.2. The van der Waals surface area contributed by atoms with Gasteiger partial charge < -0.3 is 10.2 Å². The predicted molar refractivity (Wildman–Crippen MR) is 130 cm³/mol. The van der Waals surface area contributed by atoms with Gasteiger partial charge in [-0.25, -0.2) is 0 Å². The van der Waals surface area contributed by atoms with Crippen LogP contribution in [0.4, 0.5) is 0 Å². The van der Waals surface area contributed by atoms with Crippen LogP contribution in [0.2, 0.25) is 0 Å². The molecule has 0 aliphatic carbocycles. The number of nitrogens with one attached hydrogen (secondary N) is 1. The summed E-state index contributed by atoms with van der Waals surface area (Å²) in [6, 6.07) is 18.1. The molecule has 0 bridgehead atoms. The van der Waals surface area contributed by atoms with Gasteiger partial charge in [0, 0.05) is 38.2 Å². The van der Waals surface area contributed by atoms with Gasteiger partial charge in [0.25, 0.3) is 0 Å². The summed E-state index contributed by atoms with van der Waals surface area (Å²) in [5.41, 5.74) is 6.67. The fourth-order valence-corrected chi connectivity index (χ4v) is 4.63. The van der Waals surface area contributed by atoms with Crippen molar-refractivity contribution in [2.24, 2.45) is 0 Å². The van der Waals surface area contributed by atoms with Crippen LogP contribution in [0.25, 0.3) is 11.1 Å². The van der Waals surface area contributed by atoms with Crippen molar-refractivity contribution in [3.8, 4) is 11.1 Å². The molecule has 33 heavy (non-hydrogen) atoms. The molecule has 1 saturated heterocycles. The number of benzene rings is 2. The van der Waals surface area contributed by atoms with Gasteiger partial charge in [-0.15, -0.1) is 0 Å². The van der Waals surface area contributed by atoms with Crippen LogP contribution in [0.1, 0.15) is 35.4 Å². The zero-order valence-electron chi connectivity index (χ0n) is 19.7. The van der Waals surface area contributed by atoms with E-state index in [9.17, 15) is 9.59 Å². The highest BCUT2D eigenvalue weighted by Crippen LogP contribution is 2.25. The molecule has 1 aliphatic heterocycles. The van der Waals surface area contributed by atoms with Gasteiger partial charge in [-0.2, -0.15) is 5.10 Å². The molecule has 172 valence electrons. The Bertz CT molecular complexity index is 1150. The van der Waals surface area contributed by atoms with Crippen molar-refractivity contribution in [2.45, 2.75) is 52.6 Å². The Morgan fingerprint density at radius 1 is 1.09 bits per heavy atom. The maximum absolute atomic E-state index is 13.1. The van der Waals surface area contributed by atoms with Gasteiger partial charge in [-0.1, -0.05) is 48.5 Å². The number of aromatic nitrogens is 2. The molecular formula is C27H32N4O2. The average Bonchev–Trinajstić information content (AvgIpc) is 3.12. The molecule has 4 rings (SSSR count). The molecule has 1 N–H and O–H groups in total. The number of rotatable bonds is 7. The minimum atomic E-state index is -0.480. The average molecular weight is 445 g/mol. The lowest BCUT2D eigenvalue weighted by Crippen LogP contribution is -2.58. The number of aryl methyl sites for hydroxylation is 4. The van der Waals surface area contributed by atoms with Gasteiger partial charge >= 0.3 is 0 Å². The number of hydrogen-bond donors (Lipinski definition) is 1. The standard InChI is InChI=1S/C27H32N4O2/c1-19-8-4-5-11-24(19)23-10-6-9-22(17-23)18-25-27(33)28-13-15-30(25)26(32)12-7-14-31-21(3)16-20(2)29-31/h4-6,8-11,16-17,25H,7,12-15,18H2,1-3H3,(H,28,33)/t25-/m0/s1. The molecule has 0 saturated carbocycles. The summed E-state index contributed by atoms with van der Waals surface area (Å²) in [4.78, 5) is 27.6. The van der Waals surface area contributed by atoms with Crippen molar-refractivity contribution in [3.63, 3.8) is 0 Å². The SMILES string of the molecule is Cc1cc(C)n(CCCC(=O)N2CCNC(=O)[C@@H]2Cc2cccc(-c3ccccc3C)c2)n1. The Balaban J connectivity index is 1.44. The summed E-state index contributed by atoms with van der Waals surface area (Å²) < 4.78 is 1.94. The quantitative estimate of drug-likeness (QED) is 0.602. The maximum Gasteiger partial charge on any atom is 0.243 e. The molecule has 3 aromatic rings. The maximum atomic E-state index is 13.1. The molecule has 1 aromatic heterocycles. The summed E-state index contributed by atoms with van der Waals surface area (Å²) in [5, 5.41) is 7.41. The van der Waals surface area contributed by atoms with E-state index in [0.717, 1.165) is 22.5 Å². The van der Waals surface area contributed by atoms with Crippen molar-refractivity contribution < 1.29 is 9.59 Å². The molecule has 0 unspecified atom stereocenters. The van der Waals surface area contributed by atoms with E-state index < -0.39 is 6.04 Å². The van der Waals surface area contributed by atoms with E-state index in [1.165, 1.54) is 11.1 Å². The smallest absolute Gasteiger partial charge is 0.243 e. The first-order chi connectivity index (χ1) is 15.9. The summed E-state index contributed by atoms with van der Waals surface area (Å²) in [6.45, 7) is 7.85. The Hall–Kier alpha value is -3.41. The Morgan fingerprint density at radius 3 is 2.67 bits per heavy atom. The van der Waals surface area contributed by atoms with E-state index in [1.54, 1.807) is 4.90 Å². The molecule has 6 nitrogen and oxygen atoms in total. The van der Waals surface area contributed by atoms with E-state index in [-0.39, 0.29) is 11.8 Å². The number of carbonyl (C=O) groups excluding carboxylic acids is 2. The molecule has 0 radical (unpaired) electrons. The van der Waals surface area contributed by atoms with Crippen LogP contribution in [0.15, 0.2) is 54.6 Å². The summed E-state index contributed by atoms with van der Waals surface area (Å²) in [5.74, 6) is -0.0409. The Morgan fingerprint density at radius 2 is 1.91 bits per heavy atom. The fraction of sp³-hybridized carbons (Fsp3) is 0.370. The first kappa shape index (κ1) is 22.8. The molecule has 2 heterocycles. The van der Waals surface area contributed by atoms with Crippen molar-refractivity contribution in [3.05, 3.63) is 77.1 Å². The van der Waals surface area contributed by atoms with E-state index in [2.05, 4.69) is 41.6 Å². The third kappa shape index (κ3) is 5.33. The van der Waals surface area contributed by atoms with Crippen LogP contribution >= 0.6 is 0 Å². The van der Waals surface area contributed by atoms with Crippen LogP contribution in [-0.4, -0.2) is 45.6 Å². The van der Waals surface area contributed by atoms with Crippen molar-refractivity contribution >= 4 is 11.8 Å². The molecular weight excluding hydrogens is 412 g/mol. The van der Waals surface area contributed by atoms with Gasteiger partial charge in [0.1, 0.15) is 6.04 Å². The van der Waals surface area contributed by atoms with Crippen LogP contribution in [-0.2, 0) is 22.6 Å². The molecule has 6 heteroatoms. The zero-order chi connectivity index (χ0) is 23.4. The van der Waals surface area contributed by atoms with E-state index in [4.69, 9.17) is 0 Å². The van der Waals surface area contributed by atoms with Crippen molar-refractivity contribution in [1.82, 2.24) is 20.0 Å². The second-order valence-corrected chi connectivity index (χ2v) is 8.87. The van der Waals surface area contributed by atoms with E-state index in [0.29, 0.717) is 38.9 Å².